The van der Waals surface area contributed by atoms with Crippen molar-refractivity contribution in [3.05, 3.63) is 42.1 Å². The summed E-state index contributed by atoms with van der Waals surface area (Å²) in [4.78, 5) is 19.2. The number of fused-ring (bicyclic) bond motifs is 3. The molecule has 1 N–H and O–H groups in total. The molecular formula is C19H23FN4O. The molecule has 1 amide bonds. The highest BCUT2D eigenvalue weighted by atomic mass is 19.1. The second-order valence-electron chi connectivity index (χ2n) is 7.17. The molecule has 132 valence electrons. The van der Waals surface area contributed by atoms with Gasteiger partial charge in [0.15, 0.2) is 0 Å². The lowest BCUT2D eigenvalue weighted by atomic mass is 9.79. The Bertz CT molecular complexity index is 792. The van der Waals surface area contributed by atoms with E-state index in [1.165, 1.54) is 12.3 Å². The Kier molecular flexibility index (Phi) is 4.07. The average molecular weight is 342 g/mol. The highest BCUT2D eigenvalue weighted by molar-refractivity contribution is 5.94. The summed E-state index contributed by atoms with van der Waals surface area (Å²) in [5.74, 6) is 0.116. The van der Waals surface area contributed by atoms with Crippen LogP contribution in [0.5, 0.6) is 0 Å². The third-order valence-electron chi connectivity index (χ3n) is 5.83. The van der Waals surface area contributed by atoms with Crippen molar-refractivity contribution in [3.63, 3.8) is 0 Å². The van der Waals surface area contributed by atoms with E-state index in [1.54, 1.807) is 16.8 Å². The first-order valence-corrected chi connectivity index (χ1v) is 8.86. The van der Waals surface area contributed by atoms with Gasteiger partial charge >= 0.3 is 0 Å². The first-order valence-electron chi connectivity index (χ1n) is 8.86. The predicted molar refractivity (Wildman–Crippen MR) is 93.6 cm³/mol. The van der Waals surface area contributed by atoms with E-state index < -0.39 is 0 Å². The lowest BCUT2D eigenvalue weighted by Crippen LogP contribution is -2.62. The van der Waals surface area contributed by atoms with Crippen LogP contribution in [0.25, 0.3) is 11.3 Å². The molecule has 5 nitrogen and oxygen atoms in total. The number of hydrogen-bond donors (Lipinski definition) is 1. The fraction of sp³-hybridized carbons (Fsp3) is 0.474. The molecule has 0 unspecified atom stereocenters. The molecule has 3 aliphatic heterocycles. The van der Waals surface area contributed by atoms with Gasteiger partial charge in [-0.1, -0.05) is 0 Å². The number of pyridine rings is 1. The number of amides is 1. The quantitative estimate of drug-likeness (QED) is 0.932. The Morgan fingerprint density at radius 2 is 2.04 bits per heavy atom. The topological polar surface area (TPSA) is 50.2 Å². The summed E-state index contributed by atoms with van der Waals surface area (Å²) in [7, 11) is 1.83. The van der Waals surface area contributed by atoms with Crippen molar-refractivity contribution >= 4 is 5.91 Å². The van der Waals surface area contributed by atoms with Gasteiger partial charge in [-0.3, -0.25) is 14.7 Å². The van der Waals surface area contributed by atoms with Crippen molar-refractivity contribution in [3.8, 4) is 11.3 Å². The zero-order chi connectivity index (χ0) is 17.6. The maximum absolute atomic E-state index is 13.4. The van der Waals surface area contributed by atoms with Gasteiger partial charge in [-0.05, 0) is 57.0 Å². The maximum Gasteiger partial charge on any atom is 0.268 e. The number of hydrogen-bond acceptors (Lipinski definition) is 3. The summed E-state index contributed by atoms with van der Waals surface area (Å²) in [5, 5.41) is 3.24. The molecule has 2 bridgehead atoms. The van der Waals surface area contributed by atoms with E-state index >= 15 is 0 Å². The van der Waals surface area contributed by atoms with Crippen molar-refractivity contribution in [1.82, 2.24) is 19.8 Å². The molecule has 3 aliphatic rings. The average Bonchev–Trinajstić information content (AvgIpc) is 3.00. The molecule has 0 aliphatic carbocycles. The Hall–Kier alpha value is -2.21. The van der Waals surface area contributed by atoms with Gasteiger partial charge in [0, 0.05) is 30.9 Å². The van der Waals surface area contributed by atoms with E-state index in [2.05, 4.69) is 22.1 Å². The van der Waals surface area contributed by atoms with Crippen molar-refractivity contribution < 1.29 is 9.18 Å². The standard InChI is InChI=1S/C19H23FN4O/c1-12-18(13-5-7-24(12)8-6-13)22-19(25)17-4-3-16(23(17)2)14-9-15(20)11-21-10-14/h3-4,9-13,18H,5-8H2,1-2H3,(H,22,25)/t12-,18-/m0/s1. The van der Waals surface area contributed by atoms with Crippen molar-refractivity contribution in [1.29, 1.82) is 0 Å². The van der Waals surface area contributed by atoms with Crippen LogP contribution < -0.4 is 5.32 Å². The van der Waals surface area contributed by atoms with Crippen LogP contribution in [0, 0.1) is 11.7 Å². The van der Waals surface area contributed by atoms with Crippen LogP contribution in [0.2, 0.25) is 0 Å². The van der Waals surface area contributed by atoms with Gasteiger partial charge in [-0.25, -0.2) is 4.39 Å². The predicted octanol–water partition coefficient (Wildman–Crippen LogP) is 2.44. The molecule has 0 radical (unpaired) electrons. The zero-order valence-electron chi connectivity index (χ0n) is 14.6. The number of nitrogens with zero attached hydrogens (tertiary/aromatic N) is 3. The Morgan fingerprint density at radius 3 is 2.72 bits per heavy atom. The Morgan fingerprint density at radius 1 is 1.28 bits per heavy atom. The van der Waals surface area contributed by atoms with E-state index in [0.717, 1.165) is 31.6 Å². The summed E-state index contributed by atoms with van der Waals surface area (Å²) < 4.78 is 15.2. The van der Waals surface area contributed by atoms with Crippen LogP contribution in [0.4, 0.5) is 4.39 Å². The summed E-state index contributed by atoms with van der Waals surface area (Å²) in [5.41, 5.74) is 2.03. The fourth-order valence-corrected chi connectivity index (χ4v) is 4.35. The first-order chi connectivity index (χ1) is 12.0. The van der Waals surface area contributed by atoms with Crippen LogP contribution in [-0.4, -0.2) is 45.5 Å². The molecule has 5 rings (SSSR count). The van der Waals surface area contributed by atoms with Gasteiger partial charge in [-0.2, -0.15) is 0 Å². The molecule has 5 heterocycles. The summed E-state index contributed by atoms with van der Waals surface area (Å²) >= 11 is 0. The van der Waals surface area contributed by atoms with Crippen molar-refractivity contribution in [2.75, 3.05) is 13.1 Å². The number of carbonyl (C=O) groups excluding carboxylic acids is 1. The lowest BCUT2D eigenvalue weighted by molar-refractivity contribution is 0.0215. The van der Waals surface area contributed by atoms with Crippen LogP contribution in [0.15, 0.2) is 30.6 Å². The molecule has 0 spiro atoms. The van der Waals surface area contributed by atoms with Gasteiger partial charge in [0.05, 0.1) is 11.9 Å². The highest BCUT2D eigenvalue weighted by Crippen LogP contribution is 2.32. The van der Waals surface area contributed by atoms with Crippen LogP contribution in [-0.2, 0) is 7.05 Å². The minimum atomic E-state index is -0.384. The minimum Gasteiger partial charge on any atom is -0.346 e. The first kappa shape index (κ1) is 16.3. The van der Waals surface area contributed by atoms with Gasteiger partial charge in [0.25, 0.3) is 5.91 Å². The van der Waals surface area contributed by atoms with Crippen LogP contribution >= 0.6 is 0 Å². The van der Waals surface area contributed by atoms with Crippen molar-refractivity contribution in [2.24, 2.45) is 13.0 Å². The molecule has 3 fully saturated rings. The van der Waals surface area contributed by atoms with Crippen molar-refractivity contribution in [2.45, 2.75) is 31.8 Å². The van der Waals surface area contributed by atoms with Gasteiger partial charge in [0.2, 0.25) is 0 Å². The number of rotatable bonds is 3. The fourth-order valence-electron chi connectivity index (χ4n) is 4.35. The molecule has 3 saturated heterocycles. The summed E-state index contributed by atoms with van der Waals surface area (Å²) in [6, 6.07) is 5.64. The highest BCUT2D eigenvalue weighted by Gasteiger charge is 2.40. The van der Waals surface area contributed by atoms with Crippen LogP contribution in [0.1, 0.15) is 30.3 Å². The lowest BCUT2D eigenvalue weighted by Gasteiger charge is -2.49. The van der Waals surface area contributed by atoms with E-state index in [1.807, 2.05) is 13.1 Å². The summed E-state index contributed by atoms with van der Waals surface area (Å²) in [6.45, 7) is 4.48. The van der Waals surface area contributed by atoms with E-state index in [-0.39, 0.29) is 17.8 Å². The largest absolute Gasteiger partial charge is 0.346 e. The third-order valence-corrected chi connectivity index (χ3v) is 5.83. The monoisotopic (exact) mass is 342 g/mol. The molecule has 0 aromatic carbocycles. The second kappa shape index (κ2) is 6.26. The molecule has 25 heavy (non-hydrogen) atoms. The van der Waals surface area contributed by atoms with Gasteiger partial charge in [-0.15, -0.1) is 0 Å². The number of carbonyl (C=O) groups is 1. The van der Waals surface area contributed by atoms with Gasteiger partial charge in [0.1, 0.15) is 11.5 Å². The number of aromatic nitrogens is 2. The third kappa shape index (κ3) is 2.84. The van der Waals surface area contributed by atoms with Crippen LogP contribution in [0.3, 0.4) is 0 Å². The molecule has 0 saturated carbocycles. The smallest absolute Gasteiger partial charge is 0.268 e. The number of halogens is 1. The van der Waals surface area contributed by atoms with E-state index in [0.29, 0.717) is 23.2 Å². The van der Waals surface area contributed by atoms with E-state index in [9.17, 15) is 9.18 Å². The zero-order valence-corrected chi connectivity index (χ0v) is 14.6. The molecule has 2 aromatic heterocycles. The second-order valence-corrected chi connectivity index (χ2v) is 7.17. The number of nitrogens with one attached hydrogen (secondary N) is 1. The normalized spacial score (nSPS) is 28.1. The Balaban J connectivity index is 1.55. The maximum atomic E-state index is 13.4. The summed E-state index contributed by atoms with van der Waals surface area (Å²) in [6.07, 6.45) is 5.09. The molecule has 2 atom stereocenters. The molecular weight excluding hydrogens is 319 g/mol. The SMILES string of the molecule is C[C@H]1[C@H](NC(=O)c2ccc(-c3cncc(F)c3)n2C)C2CCN1CC2. The van der Waals surface area contributed by atoms with E-state index in [4.69, 9.17) is 0 Å². The molecule has 6 heteroatoms. The Labute approximate surface area is 146 Å². The number of piperidine rings is 3. The minimum absolute atomic E-state index is 0.0660. The van der Waals surface area contributed by atoms with Gasteiger partial charge < -0.3 is 9.88 Å². The molecule has 2 aromatic rings.